The fourth-order valence-corrected chi connectivity index (χ4v) is 2.12. The number of carboxylic acids is 1. The summed E-state index contributed by atoms with van der Waals surface area (Å²) in [4.78, 5) is 20.8. The van der Waals surface area contributed by atoms with Crippen molar-refractivity contribution in [3.63, 3.8) is 0 Å². The minimum Gasteiger partial charge on any atom is -0.871 e. The quantitative estimate of drug-likeness (QED) is 0.473. The van der Waals surface area contributed by atoms with E-state index < -0.39 is 16.6 Å². The van der Waals surface area contributed by atoms with Crippen molar-refractivity contribution < 1.29 is 19.9 Å². The number of carbonyl (C=O) groups is 1. The van der Waals surface area contributed by atoms with Gasteiger partial charge < -0.3 is 15.0 Å². The van der Waals surface area contributed by atoms with Crippen LogP contribution in [0.5, 0.6) is 5.75 Å². The predicted octanol–water partition coefficient (Wildman–Crippen LogP) is 1.24. The molecule has 0 aromatic heterocycles. The van der Waals surface area contributed by atoms with Gasteiger partial charge in [-0.1, -0.05) is 33.8 Å². The standard InChI is InChI=1S/C14H10BrN3O5/c15-12-6-11(18(22)23)5-9(13(12)19)7-16-17-10-3-1-8(2-4-10)14(20)21/h1-7,17,19H,(H,20,21)/p-2/b16-7+. The van der Waals surface area contributed by atoms with Crippen LogP contribution >= 0.6 is 15.9 Å². The van der Waals surface area contributed by atoms with Crippen LogP contribution in [-0.4, -0.2) is 17.1 Å². The monoisotopic (exact) mass is 377 g/mol. The van der Waals surface area contributed by atoms with Gasteiger partial charge in [0, 0.05) is 16.6 Å². The molecule has 0 heterocycles. The van der Waals surface area contributed by atoms with Crippen molar-refractivity contribution in [2.24, 2.45) is 5.10 Å². The molecule has 0 bridgehead atoms. The van der Waals surface area contributed by atoms with Crippen LogP contribution in [-0.2, 0) is 0 Å². The minimum absolute atomic E-state index is 0.0176. The maximum absolute atomic E-state index is 11.8. The van der Waals surface area contributed by atoms with E-state index in [0.717, 1.165) is 18.3 Å². The van der Waals surface area contributed by atoms with Gasteiger partial charge in [-0.15, -0.1) is 0 Å². The number of hydrazone groups is 1. The van der Waals surface area contributed by atoms with Crippen molar-refractivity contribution in [2.75, 3.05) is 5.43 Å². The van der Waals surface area contributed by atoms with Gasteiger partial charge in [-0.25, -0.2) is 0 Å². The molecule has 9 heteroatoms. The maximum atomic E-state index is 11.8. The molecule has 23 heavy (non-hydrogen) atoms. The molecule has 0 atom stereocenters. The Morgan fingerprint density at radius 3 is 2.48 bits per heavy atom. The highest BCUT2D eigenvalue weighted by Crippen LogP contribution is 2.29. The number of carbonyl (C=O) groups excluding carboxylic acids is 1. The van der Waals surface area contributed by atoms with Crippen molar-refractivity contribution in [3.8, 4) is 5.75 Å². The van der Waals surface area contributed by atoms with E-state index in [1.54, 1.807) is 0 Å². The molecule has 1 N–H and O–H groups in total. The van der Waals surface area contributed by atoms with Crippen LogP contribution in [0.1, 0.15) is 15.9 Å². The Balaban J connectivity index is 2.17. The average molecular weight is 378 g/mol. The zero-order valence-corrected chi connectivity index (χ0v) is 12.9. The third-order valence-corrected chi connectivity index (χ3v) is 3.37. The van der Waals surface area contributed by atoms with Gasteiger partial charge in [0.2, 0.25) is 0 Å². The van der Waals surface area contributed by atoms with E-state index in [9.17, 15) is 25.1 Å². The predicted molar refractivity (Wildman–Crippen MR) is 82.2 cm³/mol. The van der Waals surface area contributed by atoms with Gasteiger partial charge in [0.25, 0.3) is 5.69 Å². The second kappa shape index (κ2) is 6.88. The molecule has 0 radical (unpaired) electrons. The summed E-state index contributed by atoms with van der Waals surface area (Å²) >= 11 is 2.96. The molecule has 2 aromatic carbocycles. The number of hydrogen-bond donors (Lipinski definition) is 1. The first-order valence-corrected chi connectivity index (χ1v) is 6.93. The molecule has 0 unspecified atom stereocenters. The first-order chi connectivity index (χ1) is 10.9. The van der Waals surface area contributed by atoms with E-state index in [4.69, 9.17) is 0 Å². The number of nitrogens with one attached hydrogen (secondary N) is 1. The summed E-state index contributed by atoms with van der Waals surface area (Å²) in [6.07, 6.45) is 1.15. The zero-order valence-electron chi connectivity index (χ0n) is 11.4. The van der Waals surface area contributed by atoms with E-state index in [2.05, 4.69) is 26.5 Å². The maximum Gasteiger partial charge on any atom is 0.271 e. The van der Waals surface area contributed by atoms with Crippen LogP contribution in [0.15, 0.2) is 46.0 Å². The summed E-state index contributed by atoms with van der Waals surface area (Å²) in [5.74, 6) is -1.73. The molecule has 0 aliphatic carbocycles. The second-order valence-electron chi connectivity index (χ2n) is 4.34. The zero-order chi connectivity index (χ0) is 17.0. The van der Waals surface area contributed by atoms with Crippen molar-refractivity contribution in [2.45, 2.75) is 0 Å². The fraction of sp³-hybridized carbons (Fsp3) is 0. The van der Waals surface area contributed by atoms with Crippen LogP contribution in [0.3, 0.4) is 0 Å². The number of benzene rings is 2. The Morgan fingerprint density at radius 2 is 1.91 bits per heavy atom. The highest BCUT2D eigenvalue weighted by Gasteiger charge is 2.09. The summed E-state index contributed by atoms with van der Waals surface area (Å²) in [5.41, 5.74) is 2.87. The summed E-state index contributed by atoms with van der Waals surface area (Å²) < 4.78 is 0.0615. The Hall–Kier alpha value is -2.94. The number of halogens is 1. The Morgan fingerprint density at radius 1 is 1.26 bits per heavy atom. The smallest absolute Gasteiger partial charge is 0.271 e. The summed E-state index contributed by atoms with van der Waals surface area (Å²) in [6, 6.07) is 7.81. The number of hydrogen-bond acceptors (Lipinski definition) is 7. The SMILES string of the molecule is O=C([O-])c1ccc(N/N=C/c2cc([N+](=O)[O-])cc(Br)c2[O-])cc1. The van der Waals surface area contributed by atoms with Crippen molar-refractivity contribution in [1.82, 2.24) is 0 Å². The van der Waals surface area contributed by atoms with E-state index in [0.29, 0.717) is 5.69 Å². The largest absolute Gasteiger partial charge is 0.871 e. The summed E-state index contributed by atoms with van der Waals surface area (Å²) in [7, 11) is 0. The van der Waals surface area contributed by atoms with Crippen LogP contribution in [0, 0.1) is 10.1 Å². The lowest BCUT2D eigenvalue weighted by atomic mass is 10.2. The highest BCUT2D eigenvalue weighted by molar-refractivity contribution is 9.10. The third-order valence-electron chi connectivity index (χ3n) is 2.79. The molecule has 8 nitrogen and oxygen atoms in total. The molecule has 0 amide bonds. The molecule has 0 saturated heterocycles. The lowest BCUT2D eigenvalue weighted by molar-refractivity contribution is -0.385. The highest BCUT2D eigenvalue weighted by atomic mass is 79.9. The van der Waals surface area contributed by atoms with E-state index in [1.807, 2.05) is 0 Å². The van der Waals surface area contributed by atoms with Gasteiger partial charge in [0.1, 0.15) is 0 Å². The molecule has 0 fully saturated rings. The van der Waals surface area contributed by atoms with E-state index in [1.165, 1.54) is 24.3 Å². The molecule has 2 aromatic rings. The Bertz CT molecular complexity index is 790. The van der Waals surface area contributed by atoms with Crippen LogP contribution < -0.4 is 15.6 Å². The third kappa shape index (κ3) is 4.04. The van der Waals surface area contributed by atoms with Gasteiger partial charge >= 0.3 is 0 Å². The summed E-state index contributed by atoms with van der Waals surface area (Å²) in [5, 5.41) is 37.0. The first-order valence-electron chi connectivity index (χ1n) is 6.14. The normalized spacial score (nSPS) is 10.7. The number of carboxylic acid groups (broad SMARTS) is 1. The first kappa shape index (κ1) is 16.4. The molecule has 2 rings (SSSR count). The van der Waals surface area contributed by atoms with Crippen LogP contribution in [0.4, 0.5) is 11.4 Å². The molecule has 0 saturated carbocycles. The fourth-order valence-electron chi connectivity index (χ4n) is 1.66. The van der Waals surface area contributed by atoms with Gasteiger partial charge in [0.15, 0.2) is 0 Å². The number of nitrogens with zero attached hydrogens (tertiary/aromatic N) is 2. The van der Waals surface area contributed by atoms with Gasteiger partial charge in [0.05, 0.1) is 22.8 Å². The second-order valence-corrected chi connectivity index (χ2v) is 5.19. The number of anilines is 1. The van der Waals surface area contributed by atoms with Gasteiger partial charge in [-0.05, 0) is 23.3 Å². The van der Waals surface area contributed by atoms with Crippen LogP contribution in [0.25, 0.3) is 0 Å². The lowest BCUT2D eigenvalue weighted by Crippen LogP contribution is -2.21. The lowest BCUT2D eigenvalue weighted by Gasteiger charge is -2.12. The number of aromatic carboxylic acids is 1. The Kier molecular flexibility index (Phi) is 4.91. The van der Waals surface area contributed by atoms with Crippen molar-refractivity contribution in [1.29, 1.82) is 0 Å². The molecule has 0 aliphatic rings. The van der Waals surface area contributed by atoms with Gasteiger partial charge in [-0.2, -0.15) is 5.10 Å². The number of nitro benzene ring substituents is 1. The topological polar surface area (TPSA) is 131 Å². The summed E-state index contributed by atoms with van der Waals surface area (Å²) in [6.45, 7) is 0. The molecule has 118 valence electrons. The number of non-ortho nitro benzene ring substituents is 1. The van der Waals surface area contributed by atoms with E-state index in [-0.39, 0.29) is 21.3 Å². The molecule has 0 aliphatic heterocycles. The van der Waals surface area contributed by atoms with Gasteiger partial charge in [-0.3, -0.25) is 15.5 Å². The number of rotatable bonds is 5. The minimum atomic E-state index is -1.29. The average Bonchev–Trinajstić information content (AvgIpc) is 2.51. The number of nitro groups is 1. The Labute approximate surface area is 138 Å². The molecule has 0 spiro atoms. The van der Waals surface area contributed by atoms with Crippen molar-refractivity contribution in [3.05, 3.63) is 62.1 Å². The molecular weight excluding hydrogens is 370 g/mol. The molecular formula is C14H8BrN3O5-2. The van der Waals surface area contributed by atoms with Crippen LogP contribution in [0.2, 0.25) is 0 Å². The van der Waals surface area contributed by atoms with Crippen molar-refractivity contribution >= 4 is 39.5 Å². The van der Waals surface area contributed by atoms with E-state index >= 15 is 0 Å².